The van der Waals surface area contributed by atoms with Gasteiger partial charge in [-0.05, 0) is 93.2 Å². The number of amides is 2. The van der Waals surface area contributed by atoms with E-state index in [4.69, 9.17) is 9.47 Å². The van der Waals surface area contributed by atoms with Gasteiger partial charge in [0.15, 0.2) is 11.5 Å². The van der Waals surface area contributed by atoms with E-state index in [1.807, 2.05) is 18.9 Å². The standard InChI is InChI=1S/C23H26N2O4/c1-22(2)21(27)24(19-13-5-15-8-16-6-14(19)10-23(15,16)9-13)25(22)20(26)12-3-4-17-18(7-12)29-11-28-17/h3-4,7,13-16,19H,5-6,8-11H2,1-2H3. The molecule has 2 heterocycles. The molecule has 0 N–H and O–H groups in total. The minimum absolute atomic E-state index is 0.0940. The second-order valence-corrected chi connectivity index (χ2v) is 10.6. The van der Waals surface area contributed by atoms with Gasteiger partial charge >= 0.3 is 0 Å². The Bertz CT molecular complexity index is 948. The van der Waals surface area contributed by atoms with Crippen molar-refractivity contribution in [2.45, 2.75) is 57.5 Å². The molecule has 1 aromatic carbocycles. The van der Waals surface area contributed by atoms with Gasteiger partial charge in [-0.3, -0.25) is 9.59 Å². The molecule has 2 aliphatic heterocycles. The number of hydrogen-bond acceptors (Lipinski definition) is 4. The van der Waals surface area contributed by atoms with Crippen LogP contribution in [0.25, 0.3) is 0 Å². The lowest BCUT2D eigenvalue weighted by atomic mass is 9.56. The number of hydrazine groups is 1. The van der Waals surface area contributed by atoms with E-state index in [0.29, 0.717) is 34.3 Å². The first-order valence-electron chi connectivity index (χ1n) is 11.0. The summed E-state index contributed by atoms with van der Waals surface area (Å²) in [4.78, 5) is 26.8. The van der Waals surface area contributed by atoms with E-state index in [-0.39, 0.29) is 24.6 Å². The second kappa shape index (κ2) is 4.90. The van der Waals surface area contributed by atoms with Crippen LogP contribution < -0.4 is 9.47 Å². The van der Waals surface area contributed by atoms with Crippen LogP contribution in [0.2, 0.25) is 0 Å². The first-order valence-corrected chi connectivity index (χ1v) is 11.0. The predicted octanol–water partition coefficient (Wildman–Crippen LogP) is 3.22. The van der Waals surface area contributed by atoms with Crippen molar-refractivity contribution in [3.05, 3.63) is 23.8 Å². The highest BCUT2D eigenvalue weighted by Crippen LogP contribution is 2.76. The van der Waals surface area contributed by atoms with Crippen LogP contribution in [0, 0.1) is 29.1 Å². The van der Waals surface area contributed by atoms with Gasteiger partial charge in [-0.1, -0.05) is 0 Å². The molecule has 1 aromatic rings. The predicted molar refractivity (Wildman–Crippen MR) is 103 cm³/mol. The molecule has 0 aromatic heterocycles. The van der Waals surface area contributed by atoms with Gasteiger partial charge in [0.2, 0.25) is 6.79 Å². The van der Waals surface area contributed by atoms with Gasteiger partial charge in [0.05, 0.1) is 6.04 Å². The van der Waals surface area contributed by atoms with Crippen LogP contribution in [0.3, 0.4) is 0 Å². The highest BCUT2D eigenvalue weighted by molar-refractivity contribution is 6.04. The van der Waals surface area contributed by atoms with E-state index >= 15 is 0 Å². The normalized spacial score (nSPS) is 42.0. The maximum absolute atomic E-state index is 13.6. The fourth-order valence-corrected chi connectivity index (χ4v) is 8.03. The van der Waals surface area contributed by atoms with Gasteiger partial charge in [0.1, 0.15) is 5.54 Å². The Kier molecular flexibility index (Phi) is 2.80. The molecule has 3 bridgehead atoms. The van der Waals surface area contributed by atoms with Crippen molar-refractivity contribution in [1.29, 1.82) is 0 Å². The summed E-state index contributed by atoms with van der Waals surface area (Å²) in [5.74, 6) is 4.09. The van der Waals surface area contributed by atoms with Gasteiger partial charge in [-0.25, -0.2) is 10.0 Å². The molecule has 152 valence electrons. The van der Waals surface area contributed by atoms with E-state index < -0.39 is 5.54 Å². The molecule has 1 spiro atoms. The molecule has 6 aliphatic rings. The van der Waals surface area contributed by atoms with Crippen LogP contribution in [0.1, 0.15) is 56.3 Å². The maximum atomic E-state index is 13.6. The van der Waals surface area contributed by atoms with Crippen LogP contribution in [0.4, 0.5) is 0 Å². The summed E-state index contributed by atoms with van der Waals surface area (Å²) < 4.78 is 10.8. The van der Waals surface area contributed by atoms with Crippen molar-refractivity contribution >= 4 is 11.8 Å². The zero-order valence-corrected chi connectivity index (χ0v) is 16.9. The highest BCUT2D eigenvalue weighted by Gasteiger charge is 2.72. The van der Waals surface area contributed by atoms with Crippen LogP contribution in [0.5, 0.6) is 11.5 Å². The number of rotatable bonds is 2. The molecule has 1 saturated heterocycles. The summed E-state index contributed by atoms with van der Waals surface area (Å²) in [5.41, 5.74) is 0.342. The van der Waals surface area contributed by atoms with E-state index in [1.54, 1.807) is 23.2 Å². The average Bonchev–Trinajstić information content (AvgIpc) is 3.32. The molecular weight excluding hydrogens is 368 g/mol. The summed E-state index contributed by atoms with van der Waals surface area (Å²) in [6.07, 6.45) is 6.42. The van der Waals surface area contributed by atoms with Crippen LogP contribution >= 0.6 is 0 Å². The molecule has 2 amide bonds. The lowest BCUT2D eigenvalue weighted by Gasteiger charge is -2.60. The maximum Gasteiger partial charge on any atom is 0.273 e. The number of ether oxygens (including phenoxy) is 2. The Labute approximate surface area is 170 Å². The summed E-state index contributed by atoms with van der Waals surface area (Å²) in [6.45, 7) is 3.91. The average molecular weight is 394 g/mol. The largest absolute Gasteiger partial charge is 0.454 e. The zero-order chi connectivity index (χ0) is 19.7. The minimum atomic E-state index is -0.803. The Hall–Kier alpha value is -2.24. The molecular formula is C23H26N2O4. The van der Waals surface area contributed by atoms with E-state index in [1.165, 1.54) is 32.1 Å². The molecule has 4 atom stereocenters. The van der Waals surface area contributed by atoms with Crippen LogP contribution in [-0.2, 0) is 4.79 Å². The number of benzene rings is 1. The van der Waals surface area contributed by atoms with Crippen LogP contribution in [0.15, 0.2) is 18.2 Å². The first-order chi connectivity index (χ1) is 13.9. The third-order valence-electron chi connectivity index (χ3n) is 9.19. The van der Waals surface area contributed by atoms with Crippen molar-refractivity contribution in [3.63, 3.8) is 0 Å². The molecule has 7 rings (SSSR count). The van der Waals surface area contributed by atoms with Gasteiger partial charge in [-0.2, -0.15) is 0 Å². The quantitative estimate of drug-likeness (QED) is 0.773. The number of fused-ring (bicyclic) bond motifs is 3. The van der Waals surface area contributed by atoms with Gasteiger partial charge in [0.25, 0.3) is 11.8 Å². The second-order valence-electron chi connectivity index (χ2n) is 10.6. The lowest BCUT2D eigenvalue weighted by Crippen LogP contribution is -2.79. The summed E-state index contributed by atoms with van der Waals surface area (Å²) in [6, 6.07) is 5.50. The van der Waals surface area contributed by atoms with Gasteiger partial charge in [-0.15, -0.1) is 0 Å². The molecule has 4 aliphatic carbocycles. The summed E-state index contributed by atoms with van der Waals surface area (Å²) >= 11 is 0. The zero-order valence-electron chi connectivity index (χ0n) is 16.9. The highest BCUT2D eigenvalue weighted by atomic mass is 16.7. The fraction of sp³-hybridized carbons (Fsp3) is 0.652. The van der Waals surface area contributed by atoms with Gasteiger partial charge < -0.3 is 9.47 Å². The third kappa shape index (κ3) is 1.77. The minimum Gasteiger partial charge on any atom is -0.454 e. The molecule has 5 fully saturated rings. The van der Waals surface area contributed by atoms with E-state index in [0.717, 1.165) is 11.8 Å². The molecule has 4 saturated carbocycles. The van der Waals surface area contributed by atoms with Crippen molar-refractivity contribution in [1.82, 2.24) is 10.0 Å². The van der Waals surface area contributed by atoms with Gasteiger partial charge in [0, 0.05) is 5.56 Å². The Morgan fingerprint density at radius 2 is 1.72 bits per heavy atom. The Balaban J connectivity index is 1.24. The monoisotopic (exact) mass is 394 g/mol. The number of carbonyl (C=O) groups excluding carboxylic acids is 2. The molecule has 6 heteroatoms. The van der Waals surface area contributed by atoms with E-state index in [2.05, 4.69) is 0 Å². The van der Waals surface area contributed by atoms with Crippen molar-refractivity contribution in [2.75, 3.05) is 6.79 Å². The number of hydrogen-bond donors (Lipinski definition) is 0. The molecule has 4 unspecified atom stereocenters. The molecule has 29 heavy (non-hydrogen) atoms. The third-order valence-corrected chi connectivity index (χ3v) is 9.19. The molecule has 0 radical (unpaired) electrons. The number of nitrogens with zero attached hydrogens (tertiary/aromatic N) is 2. The fourth-order valence-electron chi connectivity index (χ4n) is 8.03. The SMILES string of the molecule is CC1(C)C(=O)N(C2C3CC4CC5CC2CC45C3)N1C(=O)c1ccc2c(c1)OCO2. The van der Waals surface area contributed by atoms with Crippen LogP contribution in [-0.4, -0.2) is 40.2 Å². The number of carbonyl (C=O) groups is 2. The lowest BCUT2D eigenvalue weighted by molar-refractivity contribution is -0.218. The summed E-state index contributed by atoms with van der Waals surface area (Å²) in [5, 5.41) is 3.61. The Morgan fingerprint density at radius 1 is 1.03 bits per heavy atom. The van der Waals surface area contributed by atoms with Crippen molar-refractivity contribution in [3.8, 4) is 11.5 Å². The summed E-state index contributed by atoms with van der Waals surface area (Å²) in [7, 11) is 0. The first kappa shape index (κ1) is 16.5. The van der Waals surface area contributed by atoms with E-state index in [9.17, 15) is 9.59 Å². The smallest absolute Gasteiger partial charge is 0.273 e. The van der Waals surface area contributed by atoms with Crippen molar-refractivity contribution in [2.24, 2.45) is 29.1 Å². The molecule has 6 nitrogen and oxygen atoms in total. The van der Waals surface area contributed by atoms with Crippen molar-refractivity contribution < 1.29 is 19.1 Å². The topological polar surface area (TPSA) is 59.1 Å². The Morgan fingerprint density at radius 3 is 2.45 bits per heavy atom.